The van der Waals surface area contributed by atoms with Gasteiger partial charge in [0.25, 0.3) is 0 Å². The molecule has 0 radical (unpaired) electrons. The summed E-state index contributed by atoms with van der Waals surface area (Å²) in [5.74, 6) is 0.550. The lowest BCUT2D eigenvalue weighted by Gasteiger charge is -2.33. The van der Waals surface area contributed by atoms with Crippen LogP contribution in [0.4, 0.5) is 13.2 Å². The van der Waals surface area contributed by atoms with Crippen LogP contribution in [-0.2, 0) is 0 Å². The Morgan fingerprint density at radius 3 is 2.31 bits per heavy atom. The average Bonchev–Trinajstić information content (AvgIpc) is 1.94. The molecular weight excluding hydrogens is 179 g/mol. The van der Waals surface area contributed by atoms with E-state index in [1.165, 1.54) is 0 Å². The Morgan fingerprint density at radius 2 is 1.77 bits per heavy atom. The molecule has 0 bridgehead atoms. The van der Waals surface area contributed by atoms with Crippen molar-refractivity contribution >= 4 is 0 Å². The first-order chi connectivity index (χ1) is 5.88. The number of nitrogens with one attached hydrogen (secondary N) is 1. The molecule has 1 unspecified atom stereocenters. The second-order valence-electron chi connectivity index (χ2n) is 4.14. The Morgan fingerprint density at radius 1 is 1.15 bits per heavy atom. The number of hydrogen-bond acceptors (Lipinski definition) is 1. The molecule has 13 heavy (non-hydrogen) atoms. The molecule has 0 aromatic heterocycles. The zero-order chi connectivity index (χ0) is 10.1. The fourth-order valence-corrected chi connectivity index (χ4v) is 1.94. The molecule has 78 valence electrons. The normalized spacial score (nSPS) is 36.2. The van der Waals surface area contributed by atoms with Crippen LogP contribution in [-0.4, -0.2) is 12.3 Å². The van der Waals surface area contributed by atoms with Gasteiger partial charge in [-0.05, 0) is 24.7 Å². The van der Waals surface area contributed by atoms with Gasteiger partial charge in [0, 0.05) is 6.04 Å². The highest BCUT2D eigenvalue weighted by molar-refractivity contribution is 4.81. The van der Waals surface area contributed by atoms with E-state index in [-0.39, 0.29) is 12.0 Å². The van der Waals surface area contributed by atoms with Crippen LogP contribution in [0.5, 0.6) is 0 Å². The standard InChI is InChI=1S/C9H16F3N/c1-6-3-4-7(2)8(5-6)13-9(10,11)12/h6-8,13H,3-5H2,1-2H3/t6-,7-,8?/m1/s1. The van der Waals surface area contributed by atoms with Crippen molar-refractivity contribution in [3.63, 3.8) is 0 Å². The van der Waals surface area contributed by atoms with Gasteiger partial charge in [-0.15, -0.1) is 0 Å². The fraction of sp³-hybridized carbons (Fsp3) is 1.00. The predicted octanol–water partition coefficient (Wildman–Crippen LogP) is 2.92. The van der Waals surface area contributed by atoms with Gasteiger partial charge in [0.2, 0.25) is 0 Å². The summed E-state index contributed by atoms with van der Waals surface area (Å²) in [6.45, 7) is 3.90. The molecule has 0 aromatic rings. The molecule has 3 atom stereocenters. The van der Waals surface area contributed by atoms with Gasteiger partial charge in [0.1, 0.15) is 0 Å². The van der Waals surface area contributed by atoms with Crippen LogP contribution in [0, 0.1) is 11.8 Å². The van der Waals surface area contributed by atoms with Crippen molar-refractivity contribution in [3.8, 4) is 0 Å². The summed E-state index contributed by atoms with van der Waals surface area (Å²) >= 11 is 0. The summed E-state index contributed by atoms with van der Waals surface area (Å²) in [6.07, 6.45) is -1.64. The van der Waals surface area contributed by atoms with Crippen LogP contribution in [0.2, 0.25) is 0 Å². The summed E-state index contributed by atoms with van der Waals surface area (Å²) in [4.78, 5) is 0. The van der Waals surface area contributed by atoms with Crippen molar-refractivity contribution in [2.45, 2.75) is 45.5 Å². The molecule has 1 saturated carbocycles. The van der Waals surface area contributed by atoms with Gasteiger partial charge in [0.05, 0.1) is 0 Å². The Hall–Kier alpha value is -0.250. The summed E-state index contributed by atoms with van der Waals surface area (Å²) < 4.78 is 36.1. The van der Waals surface area contributed by atoms with Crippen LogP contribution in [0.15, 0.2) is 0 Å². The molecule has 1 rings (SSSR count). The SMILES string of the molecule is C[C@@H]1CC[C@@H](C)C(NC(F)(F)F)C1. The highest BCUT2D eigenvalue weighted by Crippen LogP contribution is 2.30. The van der Waals surface area contributed by atoms with Crippen LogP contribution < -0.4 is 5.32 Å². The first kappa shape index (κ1) is 10.8. The quantitative estimate of drug-likeness (QED) is 0.634. The molecule has 0 spiro atoms. The molecule has 1 N–H and O–H groups in total. The zero-order valence-electron chi connectivity index (χ0n) is 7.99. The lowest BCUT2D eigenvalue weighted by molar-refractivity contribution is -0.169. The minimum atomic E-state index is -4.23. The average molecular weight is 195 g/mol. The van der Waals surface area contributed by atoms with E-state index in [0.29, 0.717) is 12.3 Å². The number of hydrogen-bond donors (Lipinski definition) is 1. The van der Waals surface area contributed by atoms with Gasteiger partial charge in [-0.1, -0.05) is 20.3 Å². The van der Waals surface area contributed by atoms with Crippen LogP contribution >= 0.6 is 0 Å². The molecule has 0 aromatic carbocycles. The summed E-state index contributed by atoms with van der Waals surface area (Å²) in [6, 6.07) is -0.385. The summed E-state index contributed by atoms with van der Waals surface area (Å²) in [5.41, 5.74) is 0. The molecule has 4 heteroatoms. The molecule has 1 aliphatic carbocycles. The van der Waals surface area contributed by atoms with E-state index in [9.17, 15) is 13.2 Å². The molecule has 0 amide bonds. The minimum Gasteiger partial charge on any atom is -0.225 e. The van der Waals surface area contributed by atoms with Crippen LogP contribution in [0.25, 0.3) is 0 Å². The summed E-state index contributed by atoms with van der Waals surface area (Å²) in [7, 11) is 0. The smallest absolute Gasteiger partial charge is 0.225 e. The highest BCUT2D eigenvalue weighted by atomic mass is 19.4. The second-order valence-corrected chi connectivity index (χ2v) is 4.14. The first-order valence-corrected chi connectivity index (χ1v) is 4.73. The maximum absolute atomic E-state index is 12.0. The predicted molar refractivity (Wildman–Crippen MR) is 45.2 cm³/mol. The topological polar surface area (TPSA) is 12.0 Å². The molecule has 1 aliphatic rings. The molecular formula is C9H16F3N. The van der Waals surface area contributed by atoms with Crippen molar-refractivity contribution in [3.05, 3.63) is 0 Å². The maximum Gasteiger partial charge on any atom is 0.457 e. The first-order valence-electron chi connectivity index (χ1n) is 4.73. The van der Waals surface area contributed by atoms with E-state index in [0.717, 1.165) is 12.8 Å². The van der Waals surface area contributed by atoms with Crippen molar-refractivity contribution in [2.75, 3.05) is 0 Å². The van der Waals surface area contributed by atoms with Gasteiger partial charge < -0.3 is 0 Å². The highest BCUT2D eigenvalue weighted by Gasteiger charge is 2.35. The Bertz CT molecular complexity index is 167. The third kappa shape index (κ3) is 3.55. The van der Waals surface area contributed by atoms with E-state index in [2.05, 4.69) is 0 Å². The molecule has 1 nitrogen and oxygen atoms in total. The van der Waals surface area contributed by atoms with Gasteiger partial charge in [-0.25, -0.2) is 5.32 Å². The third-order valence-electron chi connectivity index (χ3n) is 2.81. The van der Waals surface area contributed by atoms with E-state index in [1.54, 1.807) is 5.32 Å². The Labute approximate surface area is 76.7 Å². The number of alkyl halides is 3. The van der Waals surface area contributed by atoms with Crippen LogP contribution in [0.3, 0.4) is 0 Å². The van der Waals surface area contributed by atoms with Crippen molar-refractivity contribution in [1.82, 2.24) is 5.32 Å². The van der Waals surface area contributed by atoms with Gasteiger partial charge in [-0.3, -0.25) is 0 Å². The van der Waals surface area contributed by atoms with E-state index >= 15 is 0 Å². The van der Waals surface area contributed by atoms with Crippen molar-refractivity contribution in [1.29, 1.82) is 0 Å². The Kier molecular flexibility index (Phi) is 3.22. The lowest BCUT2D eigenvalue weighted by atomic mass is 9.80. The number of halogens is 3. The van der Waals surface area contributed by atoms with Gasteiger partial charge in [0.15, 0.2) is 0 Å². The Balaban J connectivity index is 2.47. The monoisotopic (exact) mass is 195 g/mol. The summed E-state index contributed by atoms with van der Waals surface area (Å²) in [5, 5.41) is 1.74. The largest absolute Gasteiger partial charge is 0.457 e. The van der Waals surface area contributed by atoms with Crippen molar-refractivity contribution in [2.24, 2.45) is 11.8 Å². The van der Waals surface area contributed by atoms with Gasteiger partial charge in [-0.2, -0.15) is 13.2 Å². The lowest BCUT2D eigenvalue weighted by Crippen LogP contribution is -2.46. The van der Waals surface area contributed by atoms with E-state index in [1.807, 2.05) is 13.8 Å². The third-order valence-corrected chi connectivity index (χ3v) is 2.81. The van der Waals surface area contributed by atoms with E-state index in [4.69, 9.17) is 0 Å². The fourth-order valence-electron chi connectivity index (χ4n) is 1.94. The molecule has 0 heterocycles. The van der Waals surface area contributed by atoms with Gasteiger partial charge >= 0.3 is 6.30 Å². The van der Waals surface area contributed by atoms with E-state index < -0.39 is 6.30 Å². The van der Waals surface area contributed by atoms with Crippen molar-refractivity contribution < 1.29 is 13.2 Å². The minimum absolute atomic E-state index is 0.137. The molecule has 1 fully saturated rings. The number of rotatable bonds is 1. The second kappa shape index (κ2) is 3.86. The molecule has 0 aliphatic heterocycles. The molecule has 0 saturated heterocycles. The zero-order valence-corrected chi connectivity index (χ0v) is 7.99. The maximum atomic E-state index is 12.0. The van der Waals surface area contributed by atoms with Crippen LogP contribution in [0.1, 0.15) is 33.1 Å².